The van der Waals surface area contributed by atoms with E-state index in [9.17, 15) is 26.3 Å². The van der Waals surface area contributed by atoms with Crippen LogP contribution in [-0.4, -0.2) is 12.2 Å². The van der Waals surface area contributed by atoms with Gasteiger partial charge in [-0.2, -0.15) is 26.3 Å². The Morgan fingerprint density at radius 3 is 2.18 bits per heavy atom. The molecule has 0 aromatic heterocycles. The normalized spacial score (nSPS) is 27.2. The summed E-state index contributed by atoms with van der Waals surface area (Å²) in [4.78, 5) is 0. The minimum Gasteiger partial charge on any atom is -0.428 e. The Hall–Kier alpha value is -1.44. The topological polar surface area (TPSA) is 18.5 Å². The number of para-hydroxylation sites is 1. The van der Waals surface area contributed by atoms with Crippen LogP contribution in [0.1, 0.15) is 5.56 Å². The van der Waals surface area contributed by atoms with Crippen molar-refractivity contribution in [2.75, 3.05) is 0 Å². The smallest absolute Gasteiger partial charge is 0.428 e. The molecule has 0 saturated carbocycles. The van der Waals surface area contributed by atoms with Crippen molar-refractivity contribution in [3.63, 3.8) is 0 Å². The first-order valence-electron chi connectivity index (χ1n) is 4.28. The summed E-state index contributed by atoms with van der Waals surface area (Å²) in [5, 5.41) is 0. The van der Waals surface area contributed by atoms with Gasteiger partial charge in [-0.15, -0.1) is 0 Å². The minimum atomic E-state index is -5.73. The monoisotopic (exact) mass is 258 g/mol. The Labute approximate surface area is 90.7 Å². The molecule has 0 fully saturated rings. The maximum atomic E-state index is 13.2. The zero-order valence-corrected chi connectivity index (χ0v) is 7.89. The molecule has 0 N–H and O–H groups in total. The molecule has 0 unspecified atom stereocenters. The summed E-state index contributed by atoms with van der Waals surface area (Å²) in [6.45, 7) is 0. The molecule has 2 nitrogen and oxygen atoms in total. The van der Waals surface area contributed by atoms with Crippen LogP contribution >= 0.6 is 0 Å². The predicted molar refractivity (Wildman–Crippen MR) is 41.9 cm³/mol. The van der Waals surface area contributed by atoms with Crippen LogP contribution in [0.3, 0.4) is 0 Å². The quantitative estimate of drug-likeness (QED) is 0.664. The molecule has 0 aliphatic carbocycles. The van der Waals surface area contributed by atoms with Gasteiger partial charge >= 0.3 is 18.3 Å². The molecule has 0 bridgehead atoms. The van der Waals surface area contributed by atoms with E-state index < -0.39 is 29.6 Å². The maximum Gasteiger partial charge on any atom is 0.491 e. The van der Waals surface area contributed by atoms with E-state index in [2.05, 4.69) is 9.47 Å². The molecular weight excluding hydrogens is 254 g/mol. The average molecular weight is 258 g/mol. The number of hydrogen-bond acceptors (Lipinski definition) is 2. The molecule has 0 spiro atoms. The van der Waals surface area contributed by atoms with Gasteiger partial charge in [-0.05, 0) is 12.1 Å². The number of alkyl halides is 6. The van der Waals surface area contributed by atoms with Crippen LogP contribution in [0.15, 0.2) is 24.3 Å². The second kappa shape index (κ2) is 3.28. The Balaban J connectivity index is 2.51. The Morgan fingerprint density at radius 1 is 1.00 bits per heavy atom. The second-order valence-electron chi connectivity index (χ2n) is 3.25. The third kappa shape index (κ3) is 1.82. The minimum absolute atomic E-state index is 0.783. The SMILES string of the molecule is FC1(F)O[C@@](F)(C(F)(F)F)Oc2ccccc21. The number of halogens is 6. The largest absolute Gasteiger partial charge is 0.491 e. The fourth-order valence-electron chi connectivity index (χ4n) is 1.29. The van der Waals surface area contributed by atoms with E-state index in [1.807, 2.05) is 0 Å². The standard InChI is InChI=1S/C9H4F6O2/c10-7(11)5-3-1-2-4-6(5)16-9(15,17-7)8(12,13)14/h1-4H/t9-/m1/s1. The first-order chi connectivity index (χ1) is 7.66. The summed E-state index contributed by atoms with van der Waals surface area (Å²) in [6, 6.07) is -1.00. The molecule has 0 radical (unpaired) electrons. The number of fused-ring (bicyclic) bond motifs is 1. The van der Waals surface area contributed by atoms with Crippen molar-refractivity contribution in [3.8, 4) is 5.75 Å². The van der Waals surface area contributed by atoms with Gasteiger partial charge < -0.3 is 4.74 Å². The summed E-state index contributed by atoms with van der Waals surface area (Å²) < 4.78 is 83.1. The molecule has 8 heteroatoms. The van der Waals surface area contributed by atoms with Crippen molar-refractivity contribution in [1.29, 1.82) is 0 Å². The van der Waals surface area contributed by atoms with E-state index in [-0.39, 0.29) is 0 Å². The lowest BCUT2D eigenvalue weighted by Gasteiger charge is -2.36. The van der Waals surface area contributed by atoms with E-state index in [1.54, 1.807) is 0 Å². The summed E-state index contributed by atoms with van der Waals surface area (Å²) in [7, 11) is 0. The third-order valence-electron chi connectivity index (χ3n) is 2.04. The zero-order valence-electron chi connectivity index (χ0n) is 7.89. The number of benzene rings is 1. The first-order valence-corrected chi connectivity index (χ1v) is 4.28. The van der Waals surface area contributed by atoms with Crippen molar-refractivity contribution < 1.29 is 35.8 Å². The van der Waals surface area contributed by atoms with Gasteiger partial charge in [0.2, 0.25) is 0 Å². The number of ether oxygens (including phenoxy) is 2. The third-order valence-corrected chi connectivity index (χ3v) is 2.04. The van der Waals surface area contributed by atoms with Crippen molar-refractivity contribution in [2.24, 2.45) is 0 Å². The molecule has 94 valence electrons. The Kier molecular flexibility index (Phi) is 2.32. The summed E-state index contributed by atoms with van der Waals surface area (Å²) in [6.07, 6.45) is -10.1. The fraction of sp³-hybridized carbons (Fsp3) is 0.333. The van der Waals surface area contributed by atoms with Gasteiger partial charge in [0.1, 0.15) is 5.75 Å². The molecular formula is C9H4F6O2. The Morgan fingerprint density at radius 2 is 1.59 bits per heavy atom. The first kappa shape index (κ1) is 12.0. The highest BCUT2D eigenvalue weighted by Crippen LogP contribution is 2.50. The van der Waals surface area contributed by atoms with E-state index in [0.29, 0.717) is 0 Å². The van der Waals surface area contributed by atoms with Gasteiger partial charge in [0.25, 0.3) is 0 Å². The summed E-state index contributed by atoms with van der Waals surface area (Å²) in [5.74, 6) is -0.913. The van der Waals surface area contributed by atoms with Crippen LogP contribution in [0.5, 0.6) is 5.75 Å². The van der Waals surface area contributed by atoms with Crippen LogP contribution in [0.25, 0.3) is 0 Å². The fourth-order valence-corrected chi connectivity index (χ4v) is 1.29. The molecule has 1 aliphatic rings. The molecule has 1 aromatic carbocycles. The van der Waals surface area contributed by atoms with E-state index in [4.69, 9.17) is 0 Å². The highest BCUT2D eigenvalue weighted by molar-refractivity contribution is 5.37. The van der Waals surface area contributed by atoms with Gasteiger partial charge in [0, 0.05) is 0 Å². The van der Waals surface area contributed by atoms with E-state index >= 15 is 0 Å². The van der Waals surface area contributed by atoms with Crippen molar-refractivity contribution in [2.45, 2.75) is 18.3 Å². The summed E-state index contributed by atoms with van der Waals surface area (Å²) >= 11 is 0. The van der Waals surface area contributed by atoms with Gasteiger partial charge in [0.15, 0.2) is 0 Å². The average Bonchev–Trinajstić information content (AvgIpc) is 2.14. The van der Waals surface area contributed by atoms with Crippen molar-refractivity contribution >= 4 is 0 Å². The van der Waals surface area contributed by atoms with Crippen LogP contribution < -0.4 is 4.74 Å². The molecule has 2 rings (SSSR count). The number of rotatable bonds is 0. The lowest BCUT2D eigenvalue weighted by atomic mass is 10.1. The lowest BCUT2D eigenvalue weighted by Crippen LogP contribution is -2.54. The van der Waals surface area contributed by atoms with Crippen LogP contribution in [0.4, 0.5) is 26.3 Å². The lowest BCUT2D eigenvalue weighted by molar-refractivity contribution is -0.486. The predicted octanol–water partition coefficient (Wildman–Crippen LogP) is 3.33. The van der Waals surface area contributed by atoms with E-state index in [1.165, 1.54) is 0 Å². The second-order valence-corrected chi connectivity index (χ2v) is 3.25. The van der Waals surface area contributed by atoms with Gasteiger partial charge in [-0.1, -0.05) is 12.1 Å². The van der Waals surface area contributed by atoms with Crippen LogP contribution in [0, 0.1) is 0 Å². The molecule has 1 aromatic rings. The molecule has 0 amide bonds. The van der Waals surface area contributed by atoms with E-state index in [0.717, 1.165) is 24.3 Å². The number of hydrogen-bond donors (Lipinski definition) is 0. The van der Waals surface area contributed by atoms with Gasteiger partial charge in [-0.3, -0.25) is 0 Å². The molecule has 0 saturated heterocycles. The van der Waals surface area contributed by atoms with Gasteiger partial charge in [0.05, 0.1) is 5.56 Å². The maximum absolute atomic E-state index is 13.2. The molecule has 1 atom stereocenters. The highest BCUT2D eigenvalue weighted by atomic mass is 19.4. The molecule has 17 heavy (non-hydrogen) atoms. The van der Waals surface area contributed by atoms with Crippen LogP contribution in [0.2, 0.25) is 0 Å². The summed E-state index contributed by atoms with van der Waals surface area (Å²) in [5.41, 5.74) is -0.961. The van der Waals surface area contributed by atoms with Crippen molar-refractivity contribution in [1.82, 2.24) is 0 Å². The van der Waals surface area contributed by atoms with Crippen LogP contribution in [-0.2, 0) is 10.8 Å². The molecule has 1 aliphatic heterocycles. The van der Waals surface area contributed by atoms with Gasteiger partial charge in [-0.25, -0.2) is 4.74 Å². The van der Waals surface area contributed by atoms with Crippen molar-refractivity contribution in [3.05, 3.63) is 29.8 Å². The zero-order chi connectivity index (χ0) is 12.9. The highest BCUT2D eigenvalue weighted by Gasteiger charge is 2.68. The molecule has 1 heterocycles. The Bertz CT molecular complexity index is 443.